The minimum atomic E-state index is -0.902. The van der Waals surface area contributed by atoms with Crippen LogP contribution in [0.25, 0.3) is 0 Å². The first kappa shape index (κ1) is 20.4. The topological polar surface area (TPSA) is 73.9 Å². The fraction of sp³-hybridized carbons (Fsp3) is 0.417. The zero-order valence-corrected chi connectivity index (χ0v) is 17.2. The van der Waals surface area contributed by atoms with Gasteiger partial charge in [0, 0.05) is 12.3 Å². The maximum Gasteiger partial charge on any atom is 0.338 e. The predicted molar refractivity (Wildman–Crippen MR) is 113 cm³/mol. The van der Waals surface area contributed by atoms with Gasteiger partial charge in [-0.05, 0) is 86.6 Å². The van der Waals surface area contributed by atoms with E-state index in [0.29, 0.717) is 17.9 Å². The van der Waals surface area contributed by atoms with Crippen LogP contribution in [-0.4, -0.2) is 37.3 Å². The van der Waals surface area contributed by atoms with Crippen molar-refractivity contribution in [3.05, 3.63) is 59.2 Å². The smallest absolute Gasteiger partial charge is 0.338 e. The van der Waals surface area contributed by atoms with Crippen molar-refractivity contribution < 1.29 is 23.8 Å². The lowest BCUT2D eigenvalue weighted by Gasteiger charge is -2.15. The van der Waals surface area contributed by atoms with Gasteiger partial charge in [0.2, 0.25) is 0 Å². The summed E-state index contributed by atoms with van der Waals surface area (Å²) in [6.07, 6.45) is 4.60. The molecule has 1 N–H and O–H groups in total. The van der Waals surface area contributed by atoms with Crippen molar-refractivity contribution in [2.75, 3.05) is 18.5 Å². The molecule has 158 valence electrons. The Labute approximate surface area is 176 Å². The quantitative estimate of drug-likeness (QED) is 0.702. The first-order valence-corrected chi connectivity index (χ1v) is 10.6. The van der Waals surface area contributed by atoms with E-state index in [0.717, 1.165) is 44.4 Å². The number of rotatable bonds is 7. The van der Waals surface area contributed by atoms with Crippen molar-refractivity contribution in [3.63, 3.8) is 0 Å². The van der Waals surface area contributed by atoms with Crippen LogP contribution in [0.5, 0.6) is 5.75 Å². The van der Waals surface area contributed by atoms with Gasteiger partial charge in [0.1, 0.15) is 12.4 Å². The Kier molecular flexibility index (Phi) is 6.33. The Morgan fingerprint density at radius 2 is 1.90 bits per heavy atom. The average molecular weight is 409 g/mol. The lowest BCUT2D eigenvalue weighted by Crippen LogP contribution is -2.30. The van der Waals surface area contributed by atoms with Crippen molar-refractivity contribution in [2.45, 2.75) is 51.2 Å². The van der Waals surface area contributed by atoms with Crippen molar-refractivity contribution in [1.29, 1.82) is 0 Å². The second-order valence-corrected chi connectivity index (χ2v) is 7.84. The molecule has 0 spiro atoms. The number of ether oxygens (including phenoxy) is 3. The number of benzene rings is 2. The number of nitrogens with one attached hydrogen (secondary N) is 1. The molecule has 1 fully saturated rings. The summed E-state index contributed by atoms with van der Waals surface area (Å²) >= 11 is 0. The largest absolute Gasteiger partial charge is 0.491 e. The van der Waals surface area contributed by atoms with Gasteiger partial charge in [-0.25, -0.2) is 4.79 Å². The predicted octanol–water partition coefficient (Wildman–Crippen LogP) is 3.92. The van der Waals surface area contributed by atoms with Gasteiger partial charge < -0.3 is 19.5 Å². The molecule has 30 heavy (non-hydrogen) atoms. The standard InChI is InChI=1S/C24H27NO5/c1-16(23(26)25-20-10-7-17-4-2-5-19(17)14-20)30-24(27)18-8-11-21(12-9-18)29-15-22-6-3-13-28-22/h7-12,14,16,22H,2-6,13,15H2,1H3,(H,25,26)/t16-,22+/m1/s1. The number of aryl methyl sites for hydroxylation is 2. The molecule has 2 aliphatic rings. The number of esters is 1. The summed E-state index contributed by atoms with van der Waals surface area (Å²) in [5, 5.41) is 2.83. The maximum absolute atomic E-state index is 12.4. The maximum atomic E-state index is 12.4. The molecule has 1 aliphatic heterocycles. The zero-order valence-electron chi connectivity index (χ0n) is 17.2. The monoisotopic (exact) mass is 409 g/mol. The van der Waals surface area contributed by atoms with Crippen molar-refractivity contribution >= 4 is 17.6 Å². The summed E-state index contributed by atoms with van der Waals surface area (Å²) in [7, 11) is 0. The molecule has 0 aromatic heterocycles. The van der Waals surface area contributed by atoms with E-state index in [4.69, 9.17) is 14.2 Å². The van der Waals surface area contributed by atoms with E-state index in [-0.39, 0.29) is 12.0 Å². The second-order valence-electron chi connectivity index (χ2n) is 7.84. The summed E-state index contributed by atoms with van der Waals surface area (Å²) in [6.45, 7) is 2.86. The van der Waals surface area contributed by atoms with E-state index < -0.39 is 12.1 Å². The summed E-state index contributed by atoms with van der Waals surface area (Å²) in [6, 6.07) is 12.7. The van der Waals surface area contributed by atoms with Gasteiger partial charge in [-0.2, -0.15) is 0 Å². The molecular formula is C24H27NO5. The van der Waals surface area contributed by atoms with Crippen LogP contribution < -0.4 is 10.1 Å². The van der Waals surface area contributed by atoms with E-state index in [9.17, 15) is 9.59 Å². The number of carbonyl (C=O) groups excluding carboxylic acids is 2. The lowest BCUT2D eigenvalue weighted by molar-refractivity contribution is -0.123. The molecule has 0 unspecified atom stereocenters. The van der Waals surface area contributed by atoms with Gasteiger partial charge in [-0.1, -0.05) is 6.07 Å². The third kappa shape index (κ3) is 5.00. The summed E-state index contributed by atoms with van der Waals surface area (Å²) in [5.41, 5.74) is 3.72. The molecule has 1 aliphatic carbocycles. The molecule has 4 rings (SSSR count). The second kappa shape index (κ2) is 9.30. The molecule has 0 bridgehead atoms. The van der Waals surface area contributed by atoms with Crippen LogP contribution in [0, 0.1) is 0 Å². The highest BCUT2D eigenvalue weighted by Gasteiger charge is 2.20. The van der Waals surface area contributed by atoms with Crippen LogP contribution in [0.15, 0.2) is 42.5 Å². The van der Waals surface area contributed by atoms with Gasteiger partial charge in [0.25, 0.3) is 5.91 Å². The molecule has 0 saturated carbocycles. The fourth-order valence-electron chi connectivity index (χ4n) is 3.83. The number of carbonyl (C=O) groups is 2. The van der Waals surface area contributed by atoms with E-state index in [2.05, 4.69) is 11.4 Å². The Balaban J connectivity index is 1.27. The number of hydrogen-bond donors (Lipinski definition) is 1. The number of amides is 1. The van der Waals surface area contributed by atoms with Crippen molar-refractivity contribution in [2.24, 2.45) is 0 Å². The lowest BCUT2D eigenvalue weighted by atomic mass is 10.1. The minimum absolute atomic E-state index is 0.139. The first-order chi connectivity index (χ1) is 14.6. The molecular weight excluding hydrogens is 382 g/mol. The fourth-order valence-corrected chi connectivity index (χ4v) is 3.83. The molecule has 2 atom stereocenters. The summed E-state index contributed by atoms with van der Waals surface area (Å²) in [5.74, 6) is -0.223. The number of hydrogen-bond acceptors (Lipinski definition) is 5. The summed E-state index contributed by atoms with van der Waals surface area (Å²) in [4.78, 5) is 24.8. The normalized spacial score (nSPS) is 18.5. The Morgan fingerprint density at radius 3 is 2.67 bits per heavy atom. The Morgan fingerprint density at radius 1 is 1.10 bits per heavy atom. The highest BCUT2D eigenvalue weighted by atomic mass is 16.5. The molecule has 1 saturated heterocycles. The van der Waals surface area contributed by atoms with Crippen molar-refractivity contribution in [3.8, 4) is 5.75 Å². The van der Waals surface area contributed by atoms with Crippen LogP contribution >= 0.6 is 0 Å². The molecule has 6 nitrogen and oxygen atoms in total. The zero-order chi connectivity index (χ0) is 20.9. The van der Waals surface area contributed by atoms with Gasteiger partial charge in [-0.15, -0.1) is 0 Å². The van der Waals surface area contributed by atoms with Gasteiger partial charge in [0.15, 0.2) is 6.10 Å². The number of anilines is 1. The highest BCUT2D eigenvalue weighted by Crippen LogP contribution is 2.25. The van der Waals surface area contributed by atoms with E-state index in [1.54, 1.807) is 31.2 Å². The third-order valence-corrected chi connectivity index (χ3v) is 5.57. The van der Waals surface area contributed by atoms with E-state index in [1.807, 2.05) is 12.1 Å². The van der Waals surface area contributed by atoms with E-state index in [1.165, 1.54) is 11.1 Å². The molecule has 2 aromatic rings. The average Bonchev–Trinajstić information content (AvgIpc) is 3.44. The molecule has 2 aromatic carbocycles. The first-order valence-electron chi connectivity index (χ1n) is 10.6. The minimum Gasteiger partial charge on any atom is -0.491 e. The molecule has 6 heteroatoms. The van der Waals surface area contributed by atoms with Crippen molar-refractivity contribution in [1.82, 2.24) is 0 Å². The SMILES string of the molecule is C[C@@H](OC(=O)c1ccc(OC[C@@H]2CCCO2)cc1)C(=O)Nc1ccc2c(c1)CCC2. The van der Waals surface area contributed by atoms with Crippen LogP contribution in [0.2, 0.25) is 0 Å². The van der Waals surface area contributed by atoms with Gasteiger partial charge in [-0.3, -0.25) is 4.79 Å². The van der Waals surface area contributed by atoms with Crippen LogP contribution in [-0.2, 0) is 27.1 Å². The highest BCUT2D eigenvalue weighted by molar-refractivity contribution is 5.97. The molecule has 1 amide bonds. The third-order valence-electron chi connectivity index (χ3n) is 5.57. The molecule has 0 radical (unpaired) electrons. The Hall–Kier alpha value is -2.86. The van der Waals surface area contributed by atoms with Crippen LogP contribution in [0.4, 0.5) is 5.69 Å². The van der Waals surface area contributed by atoms with Crippen LogP contribution in [0.1, 0.15) is 47.7 Å². The Bertz CT molecular complexity index is 902. The number of fused-ring (bicyclic) bond motifs is 1. The molecule has 1 heterocycles. The van der Waals surface area contributed by atoms with E-state index >= 15 is 0 Å². The van der Waals surface area contributed by atoms with Crippen LogP contribution in [0.3, 0.4) is 0 Å². The van der Waals surface area contributed by atoms with Gasteiger partial charge in [0.05, 0.1) is 11.7 Å². The summed E-state index contributed by atoms with van der Waals surface area (Å²) < 4.78 is 16.6. The van der Waals surface area contributed by atoms with Gasteiger partial charge >= 0.3 is 5.97 Å².